The van der Waals surface area contributed by atoms with E-state index in [1.54, 1.807) is 6.92 Å². The second kappa shape index (κ2) is 8.23. The molecule has 3 nitrogen and oxygen atoms in total. The van der Waals surface area contributed by atoms with Crippen molar-refractivity contribution in [3.05, 3.63) is 64.2 Å². The third kappa shape index (κ3) is 4.74. The van der Waals surface area contributed by atoms with Gasteiger partial charge in [0.2, 0.25) is 0 Å². The third-order valence-corrected chi connectivity index (χ3v) is 4.29. The van der Waals surface area contributed by atoms with E-state index in [9.17, 15) is 39.5 Å². The molecule has 0 N–H and O–H groups in total. The number of hydrogen-bond acceptors (Lipinski definition) is 3. The minimum Gasteiger partial charge on any atom is -0.429 e. The van der Waals surface area contributed by atoms with Gasteiger partial charge in [-0.3, -0.25) is 0 Å². The fraction of sp³-hybridized carbons (Fsp3) is 0.368. The van der Waals surface area contributed by atoms with Crippen LogP contribution in [0.25, 0.3) is 0 Å². The molecule has 1 heterocycles. The van der Waals surface area contributed by atoms with Crippen LogP contribution in [0.2, 0.25) is 0 Å². The highest BCUT2D eigenvalue weighted by Gasteiger charge is 2.42. The first-order valence-corrected chi connectivity index (χ1v) is 8.66. The molecule has 12 heteroatoms. The summed E-state index contributed by atoms with van der Waals surface area (Å²) in [6.45, 7) is 2.07. The Morgan fingerprint density at radius 2 is 1.42 bits per heavy atom. The Kier molecular flexibility index (Phi) is 6.16. The standard InChI is InChI=1S/C19H13F9O3/c1-8-6-29-17(30-7-8)10-2-3-11(16(23)15(10)22)19(27,28)31-9-4-12(20)14(13(21)5-9)18(24,25)26/h2-5,8,17H,6-7H2,1H3. The summed E-state index contributed by atoms with van der Waals surface area (Å²) >= 11 is 0. The van der Waals surface area contributed by atoms with Crippen LogP contribution < -0.4 is 4.74 Å². The summed E-state index contributed by atoms with van der Waals surface area (Å²) in [6.07, 6.45) is -11.5. The Hall–Kier alpha value is -2.47. The number of benzene rings is 2. The Labute approximate surface area is 169 Å². The largest absolute Gasteiger partial charge is 0.429 e. The molecule has 1 saturated heterocycles. The number of halogens is 9. The molecule has 2 aromatic rings. The lowest BCUT2D eigenvalue weighted by atomic mass is 10.1. The van der Waals surface area contributed by atoms with Crippen molar-refractivity contribution in [1.29, 1.82) is 0 Å². The van der Waals surface area contributed by atoms with Crippen LogP contribution in [-0.4, -0.2) is 13.2 Å². The minimum absolute atomic E-state index is 0.0225. The van der Waals surface area contributed by atoms with Gasteiger partial charge in [-0.2, -0.15) is 22.0 Å². The second-order valence-electron chi connectivity index (χ2n) is 6.81. The minimum atomic E-state index is -5.43. The monoisotopic (exact) mass is 460 g/mol. The van der Waals surface area contributed by atoms with Crippen molar-refractivity contribution >= 4 is 0 Å². The molecule has 1 fully saturated rings. The topological polar surface area (TPSA) is 27.7 Å². The van der Waals surface area contributed by atoms with Crippen LogP contribution in [0.5, 0.6) is 5.75 Å². The average Bonchev–Trinajstić information content (AvgIpc) is 2.62. The van der Waals surface area contributed by atoms with E-state index in [1.807, 2.05) is 0 Å². The van der Waals surface area contributed by atoms with Gasteiger partial charge in [0.15, 0.2) is 17.9 Å². The number of hydrogen-bond donors (Lipinski definition) is 0. The Balaban J connectivity index is 1.89. The molecule has 0 aromatic heterocycles. The van der Waals surface area contributed by atoms with Crippen LogP contribution in [0.1, 0.15) is 29.9 Å². The smallest absolute Gasteiger partial charge is 0.429 e. The Morgan fingerprint density at radius 1 is 0.871 bits per heavy atom. The van der Waals surface area contributed by atoms with Crippen molar-refractivity contribution in [3.8, 4) is 5.75 Å². The summed E-state index contributed by atoms with van der Waals surface area (Å²) in [5.74, 6) is -9.62. The van der Waals surface area contributed by atoms with E-state index in [0.29, 0.717) is 6.07 Å². The molecule has 0 aliphatic carbocycles. The number of alkyl halides is 5. The molecule has 0 bridgehead atoms. The normalized spacial score (nSPS) is 20.1. The van der Waals surface area contributed by atoms with Crippen LogP contribution in [0.3, 0.4) is 0 Å². The maximum absolute atomic E-state index is 14.4. The van der Waals surface area contributed by atoms with E-state index < -0.39 is 64.3 Å². The number of ether oxygens (including phenoxy) is 3. The van der Waals surface area contributed by atoms with Crippen molar-refractivity contribution in [2.45, 2.75) is 25.5 Å². The zero-order valence-electron chi connectivity index (χ0n) is 15.5. The van der Waals surface area contributed by atoms with Crippen molar-refractivity contribution in [2.75, 3.05) is 13.2 Å². The Morgan fingerprint density at radius 3 is 1.94 bits per heavy atom. The van der Waals surface area contributed by atoms with Crippen LogP contribution in [-0.2, 0) is 21.8 Å². The zero-order chi connectivity index (χ0) is 23.1. The lowest BCUT2D eigenvalue weighted by Gasteiger charge is -2.28. The lowest BCUT2D eigenvalue weighted by Crippen LogP contribution is -2.27. The van der Waals surface area contributed by atoms with E-state index in [2.05, 4.69) is 4.74 Å². The maximum Gasteiger partial charge on any atom is 0.429 e. The van der Waals surface area contributed by atoms with Gasteiger partial charge < -0.3 is 14.2 Å². The molecule has 0 unspecified atom stereocenters. The van der Waals surface area contributed by atoms with Gasteiger partial charge in [0.25, 0.3) is 0 Å². The van der Waals surface area contributed by atoms with Gasteiger partial charge in [0.1, 0.15) is 28.5 Å². The summed E-state index contributed by atoms with van der Waals surface area (Å²) in [4.78, 5) is 0. The first-order valence-electron chi connectivity index (χ1n) is 8.66. The Bertz CT molecular complexity index is 944. The van der Waals surface area contributed by atoms with Gasteiger partial charge in [-0.1, -0.05) is 13.0 Å². The summed E-state index contributed by atoms with van der Waals surface area (Å²) in [7, 11) is 0. The van der Waals surface area contributed by atoms with Gasteiger partial charge in [-0.25, -0.2) is 17.6 Å². The zero-order valence-corrected chi connectivity index (χ0v) is 15.5. The van der Waals surface area contributed by atoms with Gasteiger partial charge in [-0.15, -0.1) is 0 Å². The average molecular weight is 460 g/mol. The molecule has 2 aromatic carbocycles. The van der Waals surface area contributed by atoms with Crippen molar-refractivity contribution in [3.63, 3.8) is 0 Å². The van der Waals surface area contributed by atoms with Crippen molar-refractivity contribution in [1.82, 2.24) is 0 Å². The summed E-state index contributed by atoms with van der Waals surface area (Å²) in [5.41, 5.74) is -4.47. The molecule has 0 amide bonds. The van der Waals surface area contributed by atoms with Crippen molar-refractivity contribution in [2.24, 2.45) is 5.92 Å². The predicted octanol–water partition coefficient (Wildman–Crippen LogP) is 6.07. The first kappa shape index (κ1) is 23.2. The van der Waals surface area contributed by atoms with E-state index in [-0.39, 0.29) is 31.3 Å². The molecule has 31 heavy (non-hydrogen) atoms. The highest BCUT2D eigenvalue weighted by molar-refractivity contribution is 5.34. The third-order valence-electron chi connectivity index (χ3n) is 4.29. The molecule has 1 aliphatic heterocycles. The first-order chi connectivity index (χ1) is 14.3. The van der Waals surface area contributed by atoms with Crippen molar-refractivity contribution < 1.29 is 53.7 Å². The van der Waals surface area contributed by atoms with E-state index >= 15 is 0 Å². The van der Waals surface area contributed by atoms with E-state index in [1.165, 1.54) is 0 Å². The highest BCUT2D eigenvalue weighted by atomic mass is 19.4. The summed E-state index contributed by atoms with van der Waals surface area (Å²) in [6, 6.07) is 0.898. The maximum atomic E-state index is 14.4. The van der Waals surface area contributed by atoms with Crippen LogP contribution in [0.15, 0.2) is 24.3 Å². The molecule has 1 aliphatic rings. The predicted molar refractivity (Wildman–Crippen MR) is 86.0 cm³/mol. The molecule has 3 rings (SSSR count). The highest BCUT2D eigenvalue weighted by Crippen LogP contribution is 2.39. The fourth-order valence-corrected chi connectivity index (χ4v) is 2.83. The van der Waals surface area contributed by atoms with Crippen LogP contribution >= 0.6 is 0 Å². The quantitative estimate of drug-likeness (QED) is 0.519. The molecule has 0 radical (unpaired) electrons. The molecular weight excluding hydrogens is 447 g/mol. The molecular formula is C19H13F9O3. The van der Waals surface area contributed by atoms with E-state index in [0.717, 1.165) is 6.07 Å². The molecule has 0 spiro atoms. The van der Waals surface area contributed by atoms with Gasteiger partial charge in [0.05, 0.1) is 13.2 Å². The molecule has 0 saturated carbocycles. The SMILES string of the molecule is CC1COC(c2ccc(C(F)(F)Oc3cc(F)c(C(F)(F)F)c(F)c3)c(F)c2F)OC1. The van der Waals surface area contributed by atoms with Gasteiger partial charge in [-0.05, 0) is 6.07 Å². The molecule has 0 atom stereocenters. The summed E-state index contributed by atoms with van der Waals surface area (Å²) < 4.78 is 137. The molecule has 170 valence electrons. The van der Waals surface area contributed by atoms with E-state index in [4.69, 9.17) is 9.47 Å². The van der Waals surface area contributed by atoms with Crippen LogP contribution in [0, 0.1) is 29.2 Å². The second-order valence-corrected chi connectivity index (χ2v) is 6.81. The van der Waals surface area contributed by atoms with Gasteiger partial charge in [0, 0.05) is 23.6 Å². The lowest BCUT2D eigenvalue weighted by molar-refractivity contribution is -0.204. The number of rotatable bonds is 4. The fourth-order valence-electron chi connectivity index (χ4n) is 2.83. The van der Waals surface area contributed by atoms with Gasteiger partial charge >= 0.3 is 12.3 Å². The van der Waals surface area contributed by atoms with Crippen LogP contribution in [0.4, 0.5) is 39.5 Å². The summed E-state index contributed by atoms with van der Waals surface area (Å²) in [5, 5.41) is 0.